The zero-order valence-corrected chi connectivity index (χ0v) is 12.2. The van der Waals surface area contributed by atoms with Crippen molar-refractivity contribution in [2.45, 2.75) is 26.4 Å². The van der Waals surface area contributed by atoms with Gasteiger partial charge in [-0.05, 0) is 30.2 Å². The number of rotatable bonds is 4. The Balaban J connectivity index is 1.56. The number of hydrogen-bond acceptors (Lipinski definition) is 4. The van der Waals surface area contributed by atoms with Crippen LogP contribution in [0.1, 0.15) is 32.2 Å². The van der Waals surface area contributed by atoms with Crippen molar-refractivity contribution in [3.8, 4) is 0 Å². The summed E-state index contributed by atoms with van der Waals surface area (Å²) in [6, 6.07) is 5.92. The number of aromatic nitrogens is 1. The minimum atomic E-state index is -0.00650. The first-order valence-corrected chi connectivity index (χ1v) is 7.62. The van der Waals surface area contributed by atoms with Gasteiger partial charge in [-0.15, -0.1) is 11.3 Å². The first-order chi connectivity index (χ1) is 9.72. The van der Waals surface area contributed by atoms with E-state index in [0.29, 0.717) is 6.54 Å². The Kier molecular flexibility index (Phi) is 3.80. The molecular weight excluding hydrogens is 270 g/mol. The summed E-state index contributed by atoms with van der Waals surface area (Å²) in [5, 5.41) is 9.34. The monoisotopic (exact) mass is 287 g/mol. The molecule has 0 atom stereocenters. The summed E-state index contributed by atoms with van der Waals surface area (Å²) in [5.74, 6) is -0.00650. The highest BCUT2D eigenvalue weighted by atomic mass is 32.1. The molecule has 0 spiro atoms. The number of thiazole rings is 1. The molecule has 0 fully saturated rings. The lowest BCUT2D eigenvalue weighted by Crippen LogP contribution is -2.25. The van der Waals surface area contributed by atoms with Gasteiger partial charge in [0.1, 0.15) is 0 Å². The highest BCUT2D eigenvalue weighted by Gasteiger charge is 2.13. The Labute approximate surface area is 122 Å². The lowest BCUT2D eigenvalue weighted by molar-refractivity contribution is 0.0954. The number of aryl methyl sites for hydroxylation is 1. The number of amides is 1. The van der Waals surface area contributed by atoms with Crippen molar-refractivity contribution in [3.05, 3.63) is 51.0 Å². The van der Waals surface area contributed by atoms with Crippen molar-refractivity contribution in [1.29, 1.82) is 0 Å². The molecule has 20 heavy (non-hydrogen) atoms. The van der Waals surface area contributed by atoms with Gasteiger partial charge in [-0.1, -0.05) is 6.07 Å². The van der Waals surface area contributed by atoms with E-state index in [2.05, 4.69) is 15.6 Å². The highest BCUT2D eigenvalue weighted by Crippen LogP contribution is 2.17. The minimum Gasteiger partial charge on any atom is -0.352 e. The Morgan fingerprint density at radius 2 is 2.25 bits per heavy atom. The molecule has 0 unspecified atom stereocenters. The number of carbonyl (C=O) groups is 1. The molecular formula is C15H17N3OS. The van der Waals surface area contributed by atoms with Gasteiger partial charge in [-0.3, -0.25) is 4.79 Å². The summed E-state index contributed by atoms with van der Waals surface area (Å²) >= 11 is 1.64. The van der Waals surface area contributed by atoms with Crippen LogP contribution in [-0.2, 0) is 19.5 Å². The highest BCUT2D eigenvalue weighted by molar-refractivity contribution is 7.09. The van der Waals surface area contributed by atoms with Gasteiger partial charge in [-0.2, -0.15) is 0 Å². The quantitative estimate of drug-likeness (QED) is 0.904. The molecule has 0 bridgehead atoms. The van der Waals surface area contributed by atoms with E-state index in [0.717, 1.165) is 35.8 Å². The summed E-state index contributed by atoms with van der Waals surface area (Å²) in [4.78, 5) is 16.5. The van der Waals surface area contributed by atoms with Gasteiger partial charge in [0.2, 0.25) is 0 Å². The van der Waals surface area contributed by atoms with Gasteiger partial charge in [0.25, 0.3) is 5.91 Å². The molecule has 1 aliphatic heterocycles. The summed E-state index contributed by atoms with van der Waals surface area (Å²) in [6.45, 7) is 4.37. The molecule has 1 amide bonds. The Hall–Kier alpha value is -1.72. The third kappa shape index (κ3) is 2.89. The number of hydrogen-bond donors (Lipinski definition) is 2. The molecule has 0 radical (unpaired) electrons. The van der Waals surface area contributed by atoms with Gasteiger partial charge in [0, 0.05) is 42.7 Å². The van der Waals surface area contributed by atoms with Gasteiger partial charge >= 0.3 is 0 Å². The Bertz CT molecular complexity index is 636. The molecule has 2 heterocycles. The van der Waals surface area contributed by atoms with Crippen molar-refractivity contribution < 1.29 is 4.79 Å². The van der Waals surface area contributed by atoms with Crippen molar-refractivity contribution >= 4 is 17.2 Å². The van der Waals surface area contributed by atoms with E-state index in [1.807, 2.05) is 30.5 Å². The molecule has 3 rings (SSSR count). The second-order valence-corrected chi connectivity index (χ2v) is 5.92. The lowest BCUT2D eigenvalue weighted by Gasteiger charge is -2.06. The van der Waals surface area contributed by atoms with Crippen LogP contribution in [-0.4, -0.2) is 17.4 Å². The largest absolute Gasteiger partial charge is 0.352 e. The Morgan fingerprint density at radius 3 is 3.05 bits per heavy atom. The fourth-order valence-electron chi connectivity index (χ4n) is 2.34. The van der Waals surface area contributed by atoms with Crippen molar-refractivity contribution in [2.24, 2.45) is 0 Å². The summed E-state index contributed by atoms with van der Waals surface area (Å²) in [5.41, 5.74) is 4.30. The second-order valence-electron chi connectivity index (χ2n) is 4.98. The van der Waals surface area contributed by atoms with Gasteiger partial charge < -0.3 is 10.6 Å². The molecule has 5 heteroatoms. The molecule has 1 aliphatic rings. The molecule has 2 aromatic rings. The second kappa shape index (κ2) is 5.73. The van der Waals surface area contributed by atoms with Crippen molar-refractivity contribution in [3.63, 3.8) is 0 Å². The van der Waals surface area contributed by atoms with E-state index in [9.17, 15) is 4.79 Å². The van der Waals surface area contributed by atoms with Crippen LogP contribution in [0, 0.1) is 6.92 Å². The smallest absolute Gasteiger partial charge is 0.251 e. The SMILES string of the molecule is Cc1csc(CCNC(=O)c2ccc3c(c2)CNC3)n1. The molecule has 104 valence electrons. The van der Waals surface area contributed by atoms with Crippen LogP contribution < -0.4 is 10.6 Å². The standard InChI is InChI=1S/C15H17N3OS/c1-10-9-20-14(18-10)4-5-17-15(19)11-2-3-12-7-16-8-13(12)6-11/h2-3,6,9,16H,4-5,7-8H2,1H3,(H,17,19). The van der Waals surface area contributed by atoms with Crippen LogP contribution in [0.25, 0.3) is 0 Å². The number of carbonyl (C=O) groups excluding carboxylic acids is 1. The molecule has 1 aromatic carbocycles. The maximum absolute atomic E-state index is 12.1. The number of benzene rings is 1. The van der Waals surface area contributed by atoms with E-state index in [1.165, 1.54) is 11.1 Å². The normalized spacial score (nSPS) is 13.2. The van der Waals surface area contributed by atoms with Crippen LogP contribution in [0.2, 0.25) is 0 Å². The van der Waals surface area contributed by atoms with E-state index < -0.39 is 0 Å². The first kappa shape index (κ1) is 13.3. The van der Waals surface area contributed by atoms with Crippen molar-refractivity contribution in [1.82, 2.24) is 15.6 Å². The zero-order valence-electron chi connectivity index (χ0n) is 11.4. The number of nitrogens with zero attached hydrogens (tertiary/aromatic N) is 1. The van der Waals surface area contributed by atoms with Crippen LogP contribution in [0.4, 0.5) is 0 Å². The topological polar surface area (TPSA) is 54.0 Å². The fraction of sp³-hybridized carbons (Fsp3) is 0.333. The fourth-order valence-corrected chi connectivity index (χ4v) is 3.11. The van der Waals surface area contributed by atoms with Crippen molar-refractivity contribution in [2.75, 3.05) is 6.54 Å². The van der Waals surface area contributed by atoms with Crippen LogP contribution in [0.15, 0.2) is 23.6 Å². The Morgan fingerprint density at radius 1 is 1.40 bits per heavy atom. The maximum atomic E-state index is 12.1. The molecule has 0 saturated carbocycles. The molecule has 0 saturated heterocycles. The van der Waals surface area contributed by atoms with Gasteiger partial charge in [0.05, 0.1) is 5.01 Å². The molecule has 4 nitrogen and oxygen atoms in total. The predicted octanol–water partition coefficient (Wildman–Crippen LogP) is 2.03. The van der Waals surface area contributed by atoms with Crippen LogP contribution in [0.3, 0.4) is 0 Å². The lowest BCUT2D eigenvalue weighted by atomic mass is 10.1. The van der Waals surface area contributed by atoms with Gasteiger partial charge in [0.15, 0.2) is 0 Å². The average Bonchev–Trinajstić information content (AvgIpc) is 3.06. The van der Waals surface area contributed by atoms with E-state index in [4.69, 9.17) is 0 Å². The summed E-state index contributed by atoms with van der Waals surface area (Å²) < 4.78 is 0. The van der Waals surface area contributed by atoms with E-state index >= 15 is 0 Å². The molecule has 1 aromatic heterocycles. The maximum Gasteiger partial charge on any atom is 0.251 e. The third-order valence-electron chi connectivity index (χ3n) is 3.39. The zero-order chi connectivity index (χ0) is 13.9. The van der Waals surface area contributed by atoms with Crippen LogP contribution in [0.5, 0.6) is 0 Å². The van der Waals surface area contributed by atoms with Crippen LogP contribution >= 0.6 is 11.3 Å². The predicted molar refractivity (Wildman–Crippen MR) is 79.9 cm³/mol. The summed E-state index contributed by atoms with van der Waals surface area (Å²) in [7, 11) is 0. The molecule has 0 aliphatic carbocycles. The van der Waals surface area contributed by atoms with Gasteiger partial charge in [-0.25, -0.2) is 4.98 Å². The van der Waals surface area contributed by atoms with E-state index in [-0.39, 0.29) is 5.91 Å². The molecule has 2 N–H and O–H groups in total. The average molecular weight is 287 g/mol. The number of fused-ring (bicyclic) bond motifs is 1. The minimum absolute atomic E-state index is 0.00650. The first-order valence-electron chi connectivity index (χ1n) is 6.74. The number of nitrogens with one attached hydrogen (secondary N) is 2. The third-order valence-corrected chi connectivity index (χ3v) is 4.42. The van der Waals surface area contributed by atoms with E-state index in [1.54, 1.807) is 11.3 Å². The summed E-state index contributed by atoms with van der Waals surface area (Å²) in [6.07, 6.45) is 0.788.